The molecule has 1 aromatic rings. The van der Waals surface area contributed by atoms with Crippen LogP contribution in [0.5, 0.6) is 0 Å². The number of anilines is 1. The number of halogens is 1. The predicted octanol–water partition coefficient (Wildman–Crippen LogP) is 3.17. The van der Waals surface area contributed by atoms with Crippen molar-refractivity contribution in [3.8, 4) is 0 Å². The number of nitrogens with zero attached hydrogens (tertiary/aromatic N) is 3. The van der Waals surface area contributed by atoms with E-state index < -0.39 is 10.0 Å². The fraction of sp³-hybridized carbons (Fsp3) is 0.636. The summed E-state index contributed by atoms with van der Waals surface area (Å²) in [5.41, 5.74) is 1.59. The van der Waals surface area contributed by atoms with Gasteiger partial charge in [0.25, 0.3) is 0 Å². The predicted molar refractivity (Wildman–Crippen MR) is 126 cm³/mol. The largest absolute Gasteiger partial charge is 0.339 e. The molecular formula is C22H33ClN4O4S. The van der Waals surface area contributed by atoms with Gasteiger partial charge in [-0.25, -0.2) is 17.5 Å². The van der Waals surface area contributed by atoms with Gasteiger partial charge in [-0.15, -0.1) is 0 Å². The molecule has 3 amide bonds. The summed E-state index contributed by atoms with van der Waals surface area (Å²) in [7, 11) is -3.22. The molecule has 2 aliphatic rings. The molecule has 0 radical (unpaired) electrons. The molecule has 178 valence electrons. The maximum Gasteiger partial charge on any atom is 0.321 e. The van der Waals surface area contributed by atoms with Crippen molar-refractivity contribution in [2.45, 2.75) is 39.5 Å². The van der Waals surface area contributed by atoms with E-state index in [9.17, 15) is 18.0 Å². The number of unbranched alkanes of at least 4 members (excludes halogenated alkanes) is 1. The molecular weight excluding hydrogens is 452 g/mol. The number of amides is 3. The Morgan fingerprint density at radius 3 is 2.28 bits per heavy atom. The first-order valence-electron chi connectivity index (χ1n) is 11.3. The molecule has 0 spiro atoms. The van der Waals surface area contributed by atoms with Crippen LogP contribution < -0.4 is 5.32 Å². The van der Waals surface area contributed by atoms with Gasteiger partial charge in [0.15, 0.2) is 0 Å². The van der Waals surface area contributed by atoms with E-state index in [-0.39, 0.29) is 23.6 Å². The van der Waals surface area contributed by atoms with Gasteiger partial charge in [0.1, 0.15) is 0 Å². The number of piperidine rings is 1. The average molecular weight is 485 g/mol. The number of benzene rings is 1. The van der Waals surface area contributed by atoms with Crippen LogP contribution in [0, 0.1) is 12.8 Å². The van der Waals surface area contributed by atoms with Gasteiger partial charge >= 0.3 is 6.03 Å². The van der Waals surface area contributed by atoms with Crippen LogP contribution in [0.25, 0.3) is 0 Å². The quantitative estimate of drug-likeness (QED) is 0.671. The van der Waals surface area contributed by atoms with Crippen molar-refractivity contribution in [1.82, 2.24) is 14.1 Å². The van der Waals surface area contributed by atoms with E-state index in [0.29, 0.717) is 69.2 Å². The zero-order valence-electron chi connectivity index (χ0n) is 18.8. The second-order valence-corrected chi connectivity index (χ2v) is 11.0. The molecule has 2 heterocycles. The van der Waals surface area contributed by atoms with Crippen molar-refractivity contribution in [3.63, 3.8) is 0 Å². The third-order valence-corrected chi connectivity index (χ3v) is 8.62. The standard InChI is InChI=1S/C22H33ClN4O4S/c1-3-4-15-32(30,31)27-9-7-18(8-10-27)21(28)25-11-13-26(14-12-25)22(29)24-19-6-5-17(2)20(23)16-19/h5-6,16,18H,3-4,7-15H2,1-2H3,(H,24,29). The first-order chi connectivity index (χ1) is 15.2. The van der Waals surface area contributed by atoms with E-state index in [1.54, 1.807) is 15.9 Å². The van der Waals surface area contributed by atoms with Gasteiger partial charge in [0.2, 0.25) is 15.9 Å². The lowest BCUT2D eigenvalue weighted by Gasteiger charge is -2.38. The van der Waals surface area contributed by atoms with Crippen molar-refractivity contribution in [2.75, 3.05) is 50.3 Å². The normalized spacial score (nSPS) is 18.6. The van der Waals surface area contributed by atoms with Crippen molar-refractivity contribution in [2.24, 2.45) is 5.92 Å². The number of hydrogen-bond acceptors (Lipinski definition) is 4. The highest BCUT2D eigenvalue weighted by Crippen LogP contribution is 2.24. The summed E-state index contributed by atoms with van der Waals surface area (Å²) in [5.74, 6) is 0.102. The van der Waals surface area contributed by atoms with Gasteiger partial charge in [-0.05, 0) is 43.9 Å². The molecule has 2 fully saturated rings. The summed E-state index contributed by atoms with van der Waals surface area (Å²) in [6.45, 7) is 6.57. The second-order valence-electron chi connectivity index (χ2n) is 8.55. The molecule has 0 atom stereocenters. The molecule has 32 heavy (non-hydrogen) atoms. The molecule has 1 N–H and O–H groups in total. The molecule has 1 aromatic carbocycles. The number of sulfonamides is 1. The highest BCUT2D eigenvalue weighted by atomic mass is 35.5. The third-order valence-electron chi connectivity index (χ3n) is 6.25. The highest BCUT2D eigenvalue weighted by Gasteiger charge is 2.34. The molecule has 3 rings (SSSR count). The Hall–Kier alpha value is -1.84. The first-order valence-corrected chi connectivity index (χ1v) is 13.3. The summed E-state index contributed by atoms with van der Waals surface area (Å²) >= 11 is 6.12. The number of piperazine rings is 1. The molecule has 0 aromatic heterocycles. The van der Waals surface area contributed by atoms with Crippen LogP contribution >= 0.6 is 11.6 Å². The van der Waals surface area contributed by atoms with Crippen LogP contribution in [0.3, 0.4) is 0 Å². The number of hydrogen-bond donors (Lipinski definition) is 1. The Labute approximate surface area is 195 Å². The van der Waals surface area contributed by atoms with E-state index in [0.717, 1.165) is 12.0 Å². The van der Waals surface area contributed by atoms with Crippen LogP contribution in [0.4, 0.5) is 10.5 Å². The monoisotopic (exact) mass is 484 g/mol. The van der Waals surface area contributed by atoms with Crippen molar-refractivity contribution in [1.29, 1.82) is 0 Å². The third kappa shape index (κ3) is 6.14. The average Bonchev–Trinajstić information content (AvgIpc) is 2.80. The minimum Gasteiger partial charge on any atom is -0.339 e. The maximum absolute atomic E-state index is 12.9. The van der Waals surface area contributed by atoms with E-state index in [2.05, 4.69) is 5.32 Å². The summed E-state index contributed by atoms with van der Waals surface area (Å²) in [5, 5.41) is 3.46. The molecule has 0 bridgehead atoms. The number of carbonyl (C=O) groups is 2. The van der Waals surface area contributed by atoms with Crippen LogP contribution in [-0.2, 0) is 14.8 Å². The molecule has 8 nitrogen and oxygen atoms in total. The number of aryl methyl sites for hydroxylation is 1. The lowest BCUT2D eigenvalue weighted by atomic mass is 9.96. The van der Waals surface area contributed by atoms with E-state index in [4.69, 9.17) is 11.6 Å². The van der Waals surface area contributed by atoms with Gasteiger partial charge in [0, 0.05) is 55.9 Å². The summed E-state index contributed by atoms with van der Waals surface area (Å²) in [6, 6.07) is 5.19. The molecule has 2 aliphatic heterocycles. The molecule has 0 aliphatic carbocycles. The van der Waals surface area contributed by atoms with Crippen LogP contribution in [-0.4, -0.2) is 79.5 Å². The SMILES string of the molecule is CCCCS(=O)(=O)N1CCC(C(=O)N2CCN(C(=O)Nc3ccc(C)c(Cl)c3)CC2)CC1. The van der Waals surface area contributed by atoms with Gasteiger partial charge in [-0.3, -0.25) is 4.79 Å². The summed E-state index contributed by atoms with van der Waals surface area (Å²) < 4.78 is 26.3. The van der Waals surface area contributed by atoms with E-state index in [1.165, 1.54) is 4.31 Å². The Morgan fingerprint density at radius 2 is 1.69 bits per heavy atom. The van der Waals surface area contributed by atoms with E-state index >= 15 is 0 Å². The zero-order valence-corrected chi connectivity index (χ0v) is 20.4. The van der Waals surface area contributed by atoms with Crippen molar-refractivity contribution >= 4 is 39.2 Å². The summed E-state index contributed by atoms with van der Waals surface area (Å²) in [4.78, 5) is 29.0. The highest BCUT2D eigenvalue weighted by molar-refractivity contribution is 7.89. The smallest absolute Gasteiger partial charge is 0.321 e. The van der Waals surface area contributed by atoms with E-state index in [1.807, 2.05) is 26.0 Å². The number of urea groups is 1. The minimum atomic E-state index is -3.22. The van der Waals surface area contributed by atoms with Gasteiger partial charge in [-0.1, -0.05) is 31.0 Å². The van der Waals surface area contributed by atoms with Crippen molar-refractivity contribution < 1.29 is 18.0 Å². The van der Waals surface area contributed by atoms with Gasteiger partial charge in [0.05, 0.1) is 5.75 Å². The zero-order chi connectivity index (χ0) is 23.3. The topological polar surface area (TPSA) is 90.0 Å². The van der Waals surface area contributed by atoms with Crippen LogP contribution in [0.15, 0.2) is 18.2 Å². The molecule has 10 heteroatoms. The van der Waals surface area contributed by atoms with Crippen LogP contribution in [0.1, 0.15) is 38.2 Å². The Bertz CT molecular complexity index is 924. The lowest BCUT2D eigenvalue weighted by molar-refractivity contribution is -0.138. The molecule has 0 unspecified atom stereocenters. The molecule has 0 saturated carbocycles. The number of rotatable bonds is 6. The maximum atomic E-state index is 12.9. The number of carbonyl (C=O) groups excluding carboxylic acids is 2. The Balaban J connectivity index is 1.45. The molecule has 2 saturated heterocycles. The summed E-state index contributed by atoms with van der Waals surface area (Å²) in [6.07, 6.45) is 2.62. The Morgan fingerprint density at radius 1 is 1.06 bits per heavy atom. The fourth-order valence-corrected chi connectivity index (χ4v) is 5.96. The first kappa shape index (κ1) is 24.8. The number of nitrogens with one attached hydrogen (secondary N) is 1. The van der Waals surface area contributed by atoms with Crippen LogP contribution in [0.2, 0.25) is 5.02 Å². The van der Waals surface area contributed by atoms with Crippen molar-refractivity contribution in [3.05, 3.63) is 28.8 Å². The van der Waals surface area contributed by atoms with Gasteiger partial charge < -0.3 is 15.1 Å². The van der Waals surface area contributed by atoms with Gasteiger partial charge in [-0.2, -0.15) is 0 Å². The fourth-order valence-electron chi connectivity index (χ4n) is 4.10. The Kier molecular flexibility index (Phi) is 8.41. The lowest BCUT2D eigenvalue weighted by Crippen LogP contribution is -2.54. The second kappa shape index (κ2) is 10.9. The minimum absolute atomic E-state index is 0.0704.